The third kappa shape index (κ3) is 6.78. The Bertz CT molecular complexity index is 658. The highest BCUT2D eigenvalue weighted by atomic mass is 19.3. The fraction of sp³-hybridized carbons (Fsp3) is 0.412. The van der Waals surface area contributed by atoms with Crippen LogP contribution in [0.3, 0.4) is 0 Å². The smallest absolute Gasteiger partial charge is 0.332 e. The fourth-order valence-electron chi connectivity index (χ4n) is 2.19. The van der Waals surface area contributed by atoms with Gasteiger partial charge in [0, 0.05) is 24.4 Å². The van der Waals surface area contributed by atoms with Crippen molar-refractivity contribution in [3.05, 3.63) is 41.5 Å². The van der Waals surface area contributed by atoms with Crippen molar-refractivity contribution < 1.29 is 18.4 Å². The van der Waals surface area contributed by atoms with E-state index in [0.29, 0.717) is 18.7 Å². The summed E-state index contributed by atoms with van der Waals surface area (Å²) in [5, 5.41) is 2.22. The van der Waals surface area contributed by atoms with Crippen molar-refractivity contribution in [2.24, 2.45) is 16.6 Å². The molecule has 0 fully saturated rings. The van der Waals surface area contributed by atoms with E-state index in [1.807, 2.05) is 0 Å². The molecule has 0 aliphatic carbocycles. The van der Waals surface area contributed by atoms with E-state index < -0.39 is 6.55 Å². The normalized spacial score (nSPS) is 12.6. The van der Waals surface area contributed by atoms with Crippen LogP contribution in [-0.4, -0.2) is 29.4 Å². The number of rotatable bonds is 10. The van der Waals surface area contributed by atoms with E-state index in [1.54, 1.807) is 0 Å². The number of allylic oxidation sites excluding steroid dienone is 1. The van der Waals surface area contributed by atoms with Gasteiger partial charge in [-0.05, 0) is 24.5 Å². The van der Waals surface area contributed by atoms with Gasteiger partial charge in [-0.2, -0.15) is 8.78 Å². The molecular formula is C17H22F2N4O2. The summed E-state index contributed by atoms with van der Waals surface area (Å²) >= 11 is 0. The lowest BCUT2D eigenvalue weighted by atomic mass is 10.0. The van der Waals surface area contributed by atoms with Gasteiger partial charge in [0.15, 0.2) is 5.78 Å². The molecule has 3 N–H and O–H groups in total. The van der Waals surface area contributed by atoms with E-state index in [0.717, 1.165) is 19.0 Å². The number of nitrogens with two attached hydrogens (primary N) is 1. The van der Waals surface area contributed by atoms with Crippen molar-refractivity contribution in [2.45, 2.75) is 39.7 Å². The molecule has 0 aromatic carbocycles. The van der Waals surface area contributed by atoms with E-state index in [-0.39, 0.29) is 28.4 Å². The number of amides is 1. The second-order valence-corrected chi connectivity index (χ2v) is 5.74. The molecular weight excluding hydrogens is 330 g/mol. The summed E-state index contributed by atoms with van der Waals surface area (Å²) < 4.78 is 25.5. The minimum atomic E-state index is -3.00. The largest absolute Gasteiger partial charge is 0.403 e. The molecule has 0 radical (unpaired) electrons. The molecule has 1 heterocycles. The predicted molar refractivity (Wildman–Crippen MR) is 91.3 cm³/mol. The second kappa shape index (κ2) is 10.3. The number of alkyl halides is 2. The zero-order valence-corrected chi connectivity index (χ0v) is 14.2. The molecule has 136 valence electrons. The number of carbonyl (C=O) groups excluding carboxylic acids is 2. The van der Waals surface area contributed by atoms with Crippen LogP contribution in [0.25, 0.3) is 0 Å². The first kappa shape index (κ1) is 20.4. The van der Waals surface area contributed by atoms with Crippen LogP contribution < -0.4 is 11.1 Å². The summed E-state index contributed by atoms with van der Waals surface area (Å²) in [5.74, 6) is 0.309. The van der Waals surface area contributed by atoms with Gasteiger partial charge in [0.25, 0.3) is 0 Å². The van der Waals surface area contributed by atoms with Crippen LogP contribution in [0.1, 0.15) is 49.2 Å². The van der Waals surface area contributed by atoms with Crippen LogP contribution >= 0.6 is 0 Å². The highest BCUT2D eigenvalue weighted by molar-refractivity contribution is 6.13. The van der Waals surface area contributed by atoms with Crippen LogP contribution in [0.15, 0.2) is 35.2 Å². The summed E-state index contributed by atoms with van der Waals surface area (Å²) in [5.41, 5.74) is 5.44. The zero-order valence-electron chi connectivity index (χ0n) is 14.2. The van der Waals surface area contributed by atoms with E-state index in [1.165, 1.54) is 18.3 Å². The molecule has 0 saturated heterocycles. The molecule has 0 saturated carbocycles. The van der Waals surface area contributed by atoms with E-state index in [2.05, 4.69) is 29.1 Å². The van der Waals surface area contributed by atoms with Gasteiger partial charge >= 0.3 is 6.55 Å². The topological polar surface area (TPSA) is 97.4 Å². The van der Waals surface area contributed by atoms with Crippen LogP contribution in [0.5, 0.6) is 0 Å². The molecule has 0 atom stereocenters. The maximum atomic E-state index is 12.8. The number of aromatic nitrogens is 1. The molecule has 1 rings (SSSR count). The maximum absolute atomic E-state index is 12.8. The van der Waals surface area contributed by atoms with Gasteiger partial charge in [0.05, 0.1) is 11.4 Å². The Kier molecular flexibility index (Phi) is 8.38. The van der Waals surface area contributed by atoms with Crippen molar-refractivity contribution in [3.63, 3.8) is 0 Å². The second-order valence-electron chi connectivity index (χ2n) is 5.74. The highest BCUT2D eigenvalue weighted by Gasteiger charge is 2.16. The number of Topliss-reactive ketones (excluding diaryl/α,β-unsaturated/α-hetero) is 1. The Hall–Kier alpha value is -2.64. The average molecular weight is 352 g/mol. The van der Waals surface area contributed by atoms with Gasteiger partial charge in [-0.3, -0.25) is 14.6 Å². The number of aliphatic imine (C=N–C) groups is 1. The van der Waals surface area contributed by atoms with Gasteiger partial charge in [-0.15, -0.1) is 0 Å². The number of hydrogen-bond acceptors (Lipinski definition) is 5. The first-order valence-corrected chi connectivity index (χ1v) is 7.87. The van der Waals surface area contributed by atoms with Crippen LogP contribution in [-0.2, 0) is 4.79 Å². The van der Waals surface area contributed by atoms with E-state index in [4.69, 9.17) is 5.73 Å². The van der Waals surface area contributed by atoms with E-state index in [9.17, 15) is 18.4 Å². The number of ketones is 1. The summed E-state index contributed by atoms with van der Waals surface area (Å²) in [6, 6.07) is 2.79. The third-order valence-corrected chi connectivity index (χ3v) is 3.37. The molecule has 8 heteroatoms. The molecule has 0 aliphatic rings. The number of pyridine rings is 1. The van der Waals surface area contributed by atoms with Crippen LogP contribution in [0, 0.1) is 5.92 Å². The first-order valence-electron chi connectivity index (χ1n) is 7.87. The average Bonchev–Trinajstić information content (AvgIpc) is 2.57. The summed E-state index contributed by atoms with van der Waals surface area (Å²) in [4.78, 5) is 30.0. The van der Waals surface area contributed by atoms with Gasteiger partial charge in [-0.1, -0.05) is 20.3 Å². The summed E-state index contributed by atoms with van der Waals surface area (Å²) in [6.45, 7) is 1.13. The SMILES string of the molecule is CC(C)CCCC(=O)c1cc(C(=N\C(F)F)/C(=C\N)NC=O)ccn1. The van der Waals surface area contributed by atoms with Crippen LogP contribution in [0.4, 0.5) is 8.78 Å². The van der Waals surface area contributed by atoms with E-state index >= 15 is 0 Å². The molecule has 1 aromatic heterocycles. The lowest BCUT2D eigenvalue weighted by Gasteiger charge is -2.11. The highest BCUT2D eigenvalue weighted by Crippen LogP contribution is 2.14. The quantitative estimate of drug-likeness (QED) is 0.293. The zero-order chi connectivity index (χ0) is 18.8. The predicted octanol–water partition coefficient (Wildman–Crippen LogP) is 2.65. The fourth-order valence-corrected chi connectivity index (χ4v) is 2.19. The molecule has 1 aromatic rings. The molecule has 1 amide bonds. The van der Waals surface area contributed by atoms with Crippen molar-refractivity contribution in [1.82, 2.24) is 10.3 Å². The monoisotopic (exact) mass is 352 g/mol. The summed E-state index contributed by atoms with van der Waals surface area (Å²) in [6.07, 6.45) is 4.55. The minimum Gasteiger partial charge on any atom is -0.403 e. The maximum Gasteiger partial charge on any atom is 0.332 e. The van der Waals surface area contributed by atoms with Crippen LogP contribution in [0.2, 0.25) is 0 Å². The van der Waals surface area contributed by atoms with Gasteiger partial charge in [-0.25, -0.2) is 4.99 Å². The molecule has 6 nitrogen and oxygen atoms in total. The Morgan fingerprint density at radius 1 is 1.44 bits per heavy atom. The third-order valence-electron chi connectivity index (χ3n) is 3.37. The van der Waals surface area contributed by atoms with Crippen molar-refractivity contribution in [2.75, 3.05) is 0 Å². The summed E-state index contributed by atoms with van der Waals surface area (Å²) in [7, 11) is 0. The molecule has 0 unspecified atom stereocenters. The van der Waals surface area contributed by atoms with Crippen molar-refractivity contribution >= 4 is 17.9 Å². The Balaban J connectivity index is 3.10. The standard InChI is InChI=1S/C17H22F2N4O2/c1-11(2)4-3-5-15(25)13-8-12(6-7-21-13)16(23-17(18)19)14(9-20)22-10-24/h6-11,17H,3-5,20H2,1-2H3,(H,22,24)/b14-9+,23-16+. The first-order chi connectivity index (χ1) is 11.9. The molecule has 0 aliphatic heterocycles. The number of carbonyl (C=O) groups is 2. The number of hydrogen-bond donors (Lipinski definition) is 2. The Morgan fingerprint density at radius 2 is 2.16 bits per heavy atom. The van der Waals surface area contributed by atoms with Crippen molar-refractivity contribution in [3.8, 4) is 0 Å². The Morgan fingerprint density at radius 3 is 2.72 bits per heavy atom. The lowest BCUT2D eigenvalue weighted by molar-refractivity contribution is -0.108. The van der Waals surface area contributed by atoms with Gasteiger partial charge in [0.2, 0.25) is 6.41 Å². The van der Waals surface area contributed by atoms with Gasteiger partial charge in [0.1, 0.15) is 5.69 Å². The number of nitrogens with zero attached hydrogens (tertiary/aromatic N) is 2. The minimum absolute atomic E-state index is 0.0836. The lowest BCUT2D eigenvalue weighted by Crippen LogP contribution is -2.22. The molecule has 0 spiro atoms. The van der Waals surface area contributed by atoms with Crippen molar-refractivity contribution in [1.29, 1.82) is 0 Å². The molecule has 25 heavy (non-hydrogen) atoms. The number of halogens is 2. The Labute approximate surface area is 145 Å². The molecule has 0 bridgehead atoms. The number of nitrogens with one attached hydrogen (secondary N) is 1. The van der Waals surface area contributed by atoms with Gasteiger partial charge < -0.3 is 11.1 Å².